The minimum atomic E-state index is 0.214. The average molecular weight is 297 g/mol. The molecule has 0 saturated carbocycles. The van der Waals surface area contributed by atoms with Gasteiger partial charge in [0.15, 0.2) is 0 Å². The van der Waals surface area contributed by atoms with Crippen LogP contribution in [-0.2, 0) is 4.74 Å². The highest BCUT2D eigenvalue weighted by atomic mass is 16.5. The quantitative estimate of drug-likeness (QED) is 0.751. The van der Waals surface area contributed by atoms with E-state index in [1.54, 1.807) is 7.11 Å². The van der Waals surface area contributed by atoms with Crippen LogP contribution in [0.3, 0.4) is 0 Å². The topological polar surface area (TPSA) is 36.0 Å². The highest BCUT2D eigenvalue weighted by Crippen LogP contribution is 2.24. The molecule has 0 spiro atoms. The van der Waals surface area contributed by atoms with Gasteiger partial charge in [-0.3, -0.25) is 4.90 Å². The van der Waals surface area contributed by atoms with Gasteiger partial charge in [-0.1, -0.05) is 13.8 Å². The average Bonchev–Trinajstić information content (AvgIpc) is 3.00. The standard InChI is InChI=1S/C16H31N3O2/c1-12(2)15-11-18(16(20)19(15)13(3)4)9-8-17-7-6-14(10-17)21-5/h12-15H,6-11H2,1-5H3. The molecule has 2 unspecified atom stereocenters. The monoisotopic (exact) mass is 297 g/mol. The molecular formula is C16H31N3O2. The second-order valence-electron chi connectivity index (χ2n) is 6.99. The minimum absolute atomic E-state index is 0.214. The molecule has 2 amide bonds. The van der Waals surface area contributed by atoms with Crippen molar-refractivity contribution < 1.29 is 9.53 Å². The zero-order valence-corrected chi connectivity index (χ0v) is 14.2. The first kappa shape index (κ1) is 16.6. The third kappa shape index (κ3) is 3.69. The number of ether oxygens (including phenoxy) is 1. The maximum Gasteiger partial charge on any atom is 0.320 e. The highest BCUT2D eigenvalue weighted by molar-refractivity contribution is 5.77. The van der Waals surface area contributed by atoms with Crippen LogP contribution < -0.4 is 0 Å². The van der Waals surface area contributed by atoms with Crippen molar-refractivity contribution in [3.63, 3.8) is 0 Å². The normalized spacial score (nSPS) is 27.7. The van der Waals surface area contributed by atoms with Crippen LogP contribution in [-0.4, -0.2) is 78.8 Å². The lowest BCUT2D eigenvalue weighted by molar-refractivity contribution is 0.107. The number of carbonyl (C=O) groups is 1. The Kier molecular flexibility index (Phi) is 5.49. The van der Waals surface area contributed by atoms with Crippen molar-refractivity contribution in [1.29, 1.82) is 0 Å². The summed E-state index contributed by atoms with van der Waals surface area (Å²) < 4.78 is 5.40. The summed E-state index contributed by atoms with van der Waals surface area (Å²) in [5.41, 5.74) is 0. The molecule has 0 radical (unpaired) electrons. The van der Waals surface area contributed by atoms with Gasteiger partial charge in [0.05, 0.1) is 12.1 Å². The Morgan fingerprint density at radius 1 is 1.19 bits per heavy atom. The molecule has 0 aromatic carbocycles. The number of hydrogen-bond acceptors (Lipinski definition) is 3. The van der Waals surface area contributed by atoms with Crippen LogP contribution in [0.4, 0.5) is 4.79 Å². The van der Waals surface area contributed by atoms with Crippen LogP contribution in [0.25, 0.3) is 0 Å². The van der Waals surface area contributed by atoms with E-state index in [9.17, 15) is 4.79 Å². The largest absolute Gasteiger partial charge is 0.380 e. The number of likely N-dealkylation sites (tertiary alicyclic amines) is 1. The lowest BCUT2D eigenvalue weighted by Crippen LogP contribution is -2.43. The molecule has 2 saturated heterocycles. The first-order valence-electron chi connectivity index (χ1n) is 8.26. The van der Waals surface area contributed by atoms with Crippen molar-refractivity contribution in [3.05, 3.63) is 0 Å². The molecule has 5 nitrogen and oxygen atoms in total. The van der Waals surface area contributed by atoms with Gasteiger partial charge in [0, 0.05) is 45.9 Å². The van der Waals surface area contributed by atoms with Crippen LogP contribution >= 0.6 is 0 Å². The van der Waals surface area contributed by atoms with Gasteiger partial charge in [0.25, 0.3) is 0 Å². The Morgan fingerprint density at radius 3 is 2.38 bits per heavy atom. The van der Waals surface area contributed by atoms with Crippen molar-refractivity contribution in [2.45, 2.75) is 52.3 Å². The van der Waals surface area contributed by atoms with Gasteiger partial charge < -0.3 is 14.5 Å². The van der Waals surface area contributed by atoms with E-state index >= 15 is 0 Å². The molecule has 122 valence electrons. The van der Waals surface area contributed by atoms with Crippen LogP contribution in [0, 0.1) is 5.92 Å². The van der Waals surface area contributed by atoms with Gasteiger partial charge >= 0.3 is 6.03 Å². The lowest BCUT2D eigenvalue weighted by Gasteiger charge is -2.29. The number of rotatable bonds is 6. The summed E-state index contributed by atoms with van der Waals surface area (Å²) >= 11 is 0. The highest BCUT2D eigenvalue weighted by Gasteiger charge is 2.40. The van der Waals surface area contributed by atoms with Crippen molar-refractivity contribution in [2.75, 3.05) is 39.8 Å². The van der Waals surface area contributed by atoms with Gasteiger partial charge in [0.1, 0.15) is 0 Å². The number of carbonyl (C=O) groups excluding carboxylic acids is 1. The maximum atomic E-state index is 12.6. The van der Waals surface area contributed by atoms with Crippen molar-refractivity contribution in [3.8, 4) is 0 Å². The van der Waals surface area contributed by atoms with E-state index in [1.807, 2.05) is 4.90 Å². The van der Waals surface area contributed by atoms with Gasteiger partial charge in [-0.25, -0.2) is 4.79 Å². The molecule has 0 aliphatic carbocycles. The van der Waals surface area contributed by atoms with Gasteiger partial charge in [-0.15, -0.1) is 0 Å². The van der Waals surface area contributed by atoms with E-state index < -0.39 is 0 Å². The molecule has 21 heavy (non-hydrogen) atoms. The summed E-state index contributed by atoms with van der Waals surface area (Å²) in [4.78, 5) is 19.1. The summed E-state index contributed by atoms with van der Waals surface area (Å²) in [7, 11) is 1.78. The fourth-order valence-corrected chi connectivity index (χ4v) is 3.47. The number of hydrogen-bond donors (Lipinski definition) is 0. The Morgan fingerprint density at radius 2 is 1.90 bits per heavy atom. The fraction of sp³-hybridized carbons (Fsp3) is 0.938. The smallest absolute Gasteiger partial charge is 0.320 e. The predicted octanol–water partition coefficient (Wildman–Crippen LogP) is 1.88. The van der Waals surface area contributed by atoms with Crippen LogP contribution in [0.2, 0.25) is 0 Å². The van der Waals surface area contributed by atoms with E-state index in [0.717, 1.165) is 39.1 Å². The van der Waals surface area contributed by atoms with Crippen LogP contribution in [0.5, 0.6) is 0 Å². The van der Waals surface area contributed by atoms with Gasteiger partial charge in [0.2, 0.25) is 0 Å². The SMILES string of the molecule is COC1CCN(CCN2CC(C(C)C)N(C(C)C)C2=O)C1. The Bertz CT molecular complexity index is 359. The van der Waals surface area contributed by atoms with E-state index in [1.165, 1.54) is 0 Å². The maximum absolute atomic E-state index is 12.6. The second kappa shape index (κ2) is 6.97. The van der Waals surface area contributed by atoms with Crippen molar-refractivity contribution >= 4 is 6.03 Å². The molecular weight excluding hydrogens is 266 g/mol. The number of amides is 2. The van der Waals surface area contributed by atoms with Crippen LogP contribution in [0.15, 0.2) is 0 Å². The second-order valence-corrected chi connectivity index (χ2v) is 6.99. The fourth-order valence-electron chi connectivity index (χ4n) is 3.47. The zero-order valence-electron chi connectivity index (χ0n) is 14.2. The molecule has 2 fully saturated rings. The number of nitrogens with zero attached hydrogens (tertiary/aromatic N) is 3. The Labute approximate surface area is 129 Å². The minimum Gasteiger partial charge on any atom is -0.380 e. The zero-order chi connectivity index (χ0) is 15.6. The van der Waals surface area contributed by atoms with Gasteiger partial charge in [-0.05, 0) is 26.2 Å². The van der Waals surface area contributed by atoms with E-state index in [2.05, 4.69) is 37.5 Å². The van der Waals surface area contributed by atoms with E-state index in [0.29, 0.717) is 18.1 Å². The third-order valence-electron chi connectivity index (χ3n) is 4.83. The molecule has 2 atom stereocenters. The first-order chi connectivity index (χ1) is 9.93. The third-order valence-corrected chi connectivity index (χ3v) is 4.83. The molecule has 5 heteroatoms. The molecule has 0 aromatic rings. The summed E-state index contributed by atoms with van der Waals surface area (Å²) in [6.07, 6.45) is 1.48. The van der Waals surface area contributed by atoms with Crippen molar-refractivity contribution in [1.82, 2.24) is 14.7 Å². The summed E-state index contributed by atoms with van der Waals surface area (Å²) in [5, 5.41) is 0. The number of methoxy groups -OCH3 is 1. The molecule has 2 heterocycles. The molecule has 2 aliphatic heterocycles. The molecule has 0 bridgehead atoms. The number of urea groups is 1. The van der Waals surface area contributed by atoms with Gasteiger partial charge in [-0.2, -0.15) is 0 Å². The molecule has 0 aromatic heterocycles. The summed E-state index contributed by atoms with van der Waals surface area (Å²) in [6, 6.07) is 0.841. The Hall–Kier alpha value is -0.810. The Balaban J connectivity index is 1.88. The molecule has 0 N–H and O–H groups in total. The molecule has 2 aliphatic rings. The predicted molar refractivity (Wildman–Crippen MR) is 84.4 cm³/mol. The van der Waals surface area contributed by atoms with Crippen molar-refractivity contribution in [2.24, 2.45) is 5.92 Å². The first-order valence-corrected chi connectivity index (χ1v) is 8.26. The summed E-state index contributed by atoms with van der Waals surface area (Å²) in [6.45, 7) is 13.4. The summed E-state index contributed by atoms with van der Waals surface area (Å²) in [5.74, 6) is 0.506. The van der Waals surface area contributed by atoms with E-state index in [4.69, 9.17) is 4.74 Å². The van der Waals surface area contributed by atoms with Crippen LogP contribution in [0.1, 0.15) is 34.1 Å². The lowest BCUT2D eigenvalue weighted by atomic mass is 10.0. The molecule has 2 rings (SSSR count). The van der Waals surface area contributed by atoms with E-state index in [-0.39, 0.29) is 12.1 Å².